The minimum atomic E-state index is -1.27. The van der Waals surface area contributed by atoms with Gasteiger partial charge < -0.3 is 10.2 Å². The van der Waals surface area contributed by atoms with E-state index in [4.69, 9.17) is 0 Å². The summed E-state index contributed by atoms with van der Waals surface area (Å²) in [6.07, 6.45) is 10.7. The van der Waals surface area contributed by atoms with E-state index < -0.39 is 22.8 Å². The summed E-state index contributed by atoms with van der Waals surface area (Å²) in [5.74, 6) is -2.07. The molecule has 1 aliphatic carbocycles. The normalized spacial score (nSPS) is 26.8. The molecule has 0 saturated heterocycles. The predicted molar refractivity (Wildman–Crippen MR) is 100 cm³/mol. The van der Waals surface area contributed by atoms with Gasteiger partial charge in [0.15, 0.2) is 0 Å². The SMILES string of the molecule is CC(C)=CCCC(C)=CCCC1=CC[C@@](C)(C(=O)O)[C@@](C)(C(=O)O)C1. The molecule has 0 saturated carbocycles. The summed E-state index contributed by atoms with van der Waals surface area (Å²) in [4.78, 5) is 23.4. The lowest BCUT2D eigenvalue weighted by atomic mass is 9.58. The molecule has 0 unspecified atom stereocenters. The Morgan fingerprint density at radius 1 is 1.04 bits per heavy atom. The number of carboxylic acid groups (broad SMARTS) is 2. The van der Waals surface area contributed by atoms with Crippen molar-refractivity contribution in [3.8, 4) is 0 Å². The van der Waals surface area contributed by atoms with Gasteiger partial charge in [-0.25, -0.2) is 0 Å². The van der Waals surface area contributed by atoms with Crippen molar-refractivity contribution >= 4 is 11.9 Å². The van der Waals surface area contributed by atoms with Gasteiger partial charge in [0.2, 0.25) is 0 Å². The summed E-state index contributed by atoms with van der Waals surface area (Å²) in [6, 6.07) is 0. The van der Waals surface area contributed by atoms with Crippen LogP contribution in [0.15, 0.2) is 34.9 Å². The number of carbonyl (C=O) groups is 2. The minimum absolute atomic E-state index is 0.268. The zero-order valence-electron chi connectivity index (χ0n) is 16.2. The lowest BCUT2D eigenvalue weighted by Crippen LogP contribution is -2.50. The monoisotopic (exact) mass is 348 g/mol. The summed E-state index contributed by atoms with van der Waals surface area (Å²) >= 11 is 0. The second kappa shape index (κ2) is 8.50. The van der Waals surface area contributed by atoms with E-state index >= 15 is 0 Å². The Morgan fingerprint density at radius 2 is 1.64 bits per heavy atom. The van der Waals surface area contributed by atoms with Crippen molar-refractivity contribution in [2.75, 3.05) is 0 Å². The molecule has 0 spiro atoms. The van der Waals surface area contributed by atoms with Crippen LogP contribution in [0.4, 0.5) is 0 Å². The second-order valence-electron chi connectivity index (χ2n) is 7.93. The number of carboxylic acids is 2. The van der Waals surface area contributed by atoms with Crippen LogP contribution in [0.2, 0.25) is 0 Å². The maximum atomic E-state index is 11.8. The number of hydrogen-bond acceptors (Lipinski definition) is 2. The molecular formula is C21H32O4. The summed E-state index contributed by atoms with van der Waals surface area (Å²) in [5, 5.41) is 19.2. The van der Waals surface area contributed by atoms with Crippen molar-refractivity contribution in [2.45, 2.75) is 73.1 Å². The molecule has 4 heteroatoms. The van der Waals surface area contributed by atoms with Crippen molar-refractivity contribution in [3.05, 3.63) is 34.9 Å². The van der Waals surface area contributed by atoms with E-state index in [1.54, 1.807) is 13.8 Å². The minimum Gasteiger partial charge on any atom is -0.481 e. The Labute approximate surface area is 151 Å². The first-order valence-corrected chi connectivity index (χ1v) is 8.96. The molecular weight excluding hydrogens is 316 g/mol. The van der Waals surface area contributed by atoms with Crippen LogP contribution in [0.1, 0.15) is 73.1 Å². The van der Waals surface area contributed by atoms with Gasteiger partial charge in [0.05, 0.1) is 10.8 Å². The van der Waals surface area contributed by atoms with Gasteiger partial charge >= 0.3 is 11.9 Å². The number of aliphatic carboxylic acids is 2. The van der Waals surface area contributed by atoms with Gasteiger partial charge in [0.25, 0.3) is 0 Å². The van der Waals surface area contributed by atoms with Crippen LogP contribution in [-0.4, -0.2) is 22.2 Å². The van der Waals surface area contributed by atoms with Gasteiger partial charge in [-0.3, -0.25) is 9.59 Å². The molecule has 0 radical (unpaired) electrons. The quantitative estimate of drug-likeness (QED) is 0.579. The van der Waals surface area contributed by atoms with Crippen molar-refractivity contribution < 1.29 is 19.8 Å². The van der Waals surface area contributed by atoms with Crippen LogP contribution in [0.5, 0.6) is 0 Å². The zero-order valence-corrected chi connectivity index (χ0v) is 16.2. The van der Waals surface area contributed by atoms with Crippen molar-refractivity contribution in [1.29, 1.82) is 0 Å². The third-order valence-corrected chi connectivity index (χ3v) is 5.59. The third kappa shape index (κ3) is 5.07. The highest BCUT2D eigenvalue weighted by Crippen LogP contribution is 2.51. The van der Waals surface area contributed by atoms with Crippen molar-refractivity contribution in [1.82, 2.24) is 0 Å². The standard InChI is InChI=1S/C21H32O4/c1-15(2)8-6-9-16(3)10-7-11-17-12-13-20(4,18(22)23)21(5,14-17)19(24)25/h8,10,12H,6-7,9,11,13-14H2,1-5H3,(H,22,23)(H,24,25)/t20-,21+/m0/s1. The fourth-order valence-electron chi connectivity index (χ4n) is 3.32. The van der Waals surface area contributed by atoms with Gasteiger partial charge in [-0.05, 0) is 73.1 Å². The fourth-order valence-corrected chi connectivity index (χ4v) is 3.32. The predicted octanol–water partition coefficient (Wildman–Crippen LogP) is 5.36. The molecule has 0 fully saturated rings. The molecule has 0 aliphatic heterocycles. The summed E-state index contributed by atoms with van der Waals surface area (Å²) < 4.78 is 0. The lowest BCUT2D eigenvalue weighted by Gasteiger charge is -2.43. The van der Waals surface area contributed by atoms with E-state index in [1.165, 1.54) is 11.1 Å². The number of allylic oxidation sites excluding steroid dienone is 6. The first kappa shape index (κ1) is 21.2. The molecule has 0 amide bonds. The third-order valence-electron chi connectivity index (χ3n) is 5.59. The Kier molecular flexibility index (Phi) is 7.21. The van der Waals surface area contributed by atoms with Crippen LogP contribution in [-0.2, 0) is 9.59 Å². The molecule has 0 aromatic carbocycles. The van der Waals surface area contributed by atoms with Gasteiger partial charge in [0, 0.05) is 0 Å². The van der Waals surface area contributed by atoms with E-state index in [9.17, 15) is 19.8 Å². The highest BCUT2D eigenvalue weighted by Gasteiger charge is 2.56. The summed E-state index contributed by atoms with van der Waals surface area (Å²) in [6.45, 7) is 9.43. The Bertz CT molecular complexity index is 607. The van der Waals surface area contributed by atoms with E-state index in [-0.39, 0.29) is 6.42 Å². The molecule has 140 valence electrons. The largest absolute Gasteiger partial charge is 0.481 e. The molecule has 1 aliphatic rings. The number of hydrogen-bond donors (Lipinski definition) is 2. The molecule has 25 heavy (non-hydrogen) atoms. The highest BCUT2D eigenvalue weighted by molar-refractivity contribution is 5.87. The zero-order chi connectivity index (χ0) is 19.3. The first-order chi connectivity index (χ1) is 11.5. The molecule has 0 bridgehead atoms. The maximum Gasteiger partial charge on any atom is 0.310 e. The van der Waals surface area contributed by atoms with E-state index in [2.05, 4.69) is 32.9 Å². The second-order valence-corrected chi connectivity index (χ2v) is 7.93. The van der Waals surface area contributed by atoms with Gasteiger partial charge in [-0.1, -0.05) is 34.9 Å². The number of rotatable bonds is 8. The van der Waals surface area contributed by atoms with Crippen molar-refractivity contribution in [2.24, 2.45) is 10.8 Å². The van der Waals surface area contributed by atoms with Crippen LogP contribution >= 0.6 is 0 Å². The smallest absolute Gasteiger partial charge is 0.310 e. The van der Waals surface area contributed by atoms with Gasteiger partial charge in [-0.2, -0.15) is 0 Å². The molecule has 1 rings (SSSR count). The van der Waals surface area contributed by atoms with Gasteiger partial charge in [0.1, 0.15) is 0 Å². The molecule has 0 heterocycles. The van der Waals surface area contributed by atoms with E-state index in [0.717, 1.165) is 31.3 Å². The Morgan fingerprint density at radius 3 is 2.16 bits per heavy atom. The summed E-state index contributed by atoms with van der Waals surface area (Å²) in [5.41, 5.74) is 1.18. The van der Waals surface area contributed by atoms with Crippen LogP contribution < -0.4 is 0 Å². The molecule has 2 atom stereocenters. The van der Waals surface area contributed by atoms with E-state index in [1.807, 2.05) is 6.08 Å². The molecule has 0 aromatic heterocycles. The van der Waals surface area contributed by atoms with E-state index in [0.29, 0.717) is 6.42 Å². The Hall–Kier alpha value is -1.84. The average Bonchev–Trinajstić information content (AvgIpc) is 2.50. The highest BCUT2D eigenvalue weighted by atomic mass is 16.4. The lowest BCUT2D eigenvalue weighted by molar-refractivity contribution is -0.171. The van der Waals surface area contributed by atoms with Gasteiger partial charge in [-0.15, -0.1) is 0 Å². The van der Waals surface area contributed by atoms with Crippen LogP contribution in [0.25, 0.3) is 0 Å². The molecule has 4 nitrogen and oxygen atoms in total. The van der Waals surface area contributed by atoms with Crippen LogP contribution in [0, 0.1) is 10.8 Å². The Balaban J connectivity index is 2.73. The average molecular weight is 348 g/mol. The van der Waals surface area contributed by atoms with Crippen LogP contribution in [0.3, 0.4) is 0 Å². The first-order valence-electron chi connectivity index (χ1n) is 8.96. The topological polar surface area (TPSA) is 74.6 Å². The van der Waals surface area contributed by atoms with Crippen molar-refractivity contribution in [3.63, 3.8) is 0 Å². The maximum absolute atomic E-state index is 11.8. The summed E-state index contributed by atoms with van der Waals surface area (Å²) in [7, 11) is 0. The molecule has 0 aromatic rings. The fraction of sp³-hybridized carbons (Fsp3) is 0.619. The molecule has 2 N–H and O–H groups in total.